The lowest BCUT2D eigenvalue weighted by molar-refractivity contribution is -0.116. The number of allylic oxidation sites excluding steroid dienone is 2. The number of carboxylic acids is 1. The second-order valence-corrected chi connectivity index (χ2v) is 11.3. The highest BCUT2D eigenvalue weighted by Crippen LogP contribution is 2.32. The third-order valence-electron chi connectivity index (χ3n) is 5.68. The number of Topliss-reactive ketones (excluding diaryl/α,β-unsaturated/α-hetero) is 1. The number of halogens is 3. The van der Waals surface area contributed by atoms with Gasteiger partial charge >= 0.3 is 5.97 Å². The zero-order chi connectivity index (χ0) is 28.2. The van der Waals surface area contributed by atoms with Crippen LogP contribution in [0.25, 0.3) is 10.9 Å². The first kappa shape index (κ1) is 32.0. The van der Waals surface area contributed by atoms with Crippen LogP contribution < -0.4 is 0 Å². The molecule has 2 atom stereocenters. The summed E-state index contributed by atoms with van der Waals surface area (Å²) in [5.41, 5.74) is 2.55. The first-order valence-corrected chi connectivity index (χ1v) is 14.3. The van der Waals surface area contributed by atoms with Gasteiger partial charge in [-0.05, 0) is 42.7 Å². The molecule has 7 nitrogen and oxygen atoms in total. The second kappa shape index (κ2) is 16.0. The molecule has 0 spiro atoms. The van der Waals surface area contributed by atoms with Gasteiger partial charge in [0.25, 0.3) is 0 Å². The van der Waals surface area contributed by atoms with E-state index in [0.717, 1.165) is 12.2 Å². The Morgan fingerprint density at radius 2 is 2.05 bits per heavy atom. The van der Waals surface area contributed by atoms with Gasteiger partial charge < -0.3 is 15.1 Å². The molecular weight excluding hydrogens is 571 g/mol. The van der Waals surface area contributed by atoms with Gasteiger partial charge in [0, 0.05) is 35.2 Å². The van der Waals surface area contributed by atoms with Crippen molar-refractivity contribution in [2.24, 2.45) is 11.1 Å². The maximum atomic E-state index is 12.4. The molecule has 1 aromatic carbocycles. The maximum absolute atomic E-state index is 12.4. The van der Waals surface area contributed by atoms with Crippen LogP contribution in [0.1, 0.15) is 56.8 Å². The summed E-state index contributed by atoms with van der Waals surface area (Å²) >= 11 is 18.8. The summed E-state index contributed by atoms with van der Waals surface area (Å²) < 4.78 is 0. The van der Waals surface area contributed by atoms with Crippen LogP contribution in [0.5, 0.6) is 0 Å². The predicted octanol–water partition coefficient (Wildman–Crippen LogP) is 8.08. The van der Waals surface area contributed by atoms with Crippen LogP contribution in [-0.2, 0) is 9.63 Å². The molecule has 0 radical (unpaired) electrons. The summed E-state index contributed by atoms with van der Waals surface area (Å²) in [6.45, 7) is 6.43. The van der Waals surface area contributed by atoms with Crippen LogP contribution in [0.15, 0.2) is 52.5 Å². The van der Waals surface area contributed by atoms with Crippen molar-refractivity contribution in [3.05, 3.63) is 62.9 Å². The highest BCUT2D eigenvalue weighted by atomic mass is 35.5. The number of hydrogen-bond acceptors (Lipinski definition) is 7. The number of fused-ring (bicyclic) bond motifs is 1. The molecule has 0 saturated carbocycles. The Morgan fingerprint density at radius 3 is 2.66 bits per heavy atom. The molecule has 11 heteroatoms. The first-order valence-electron chi connectivity index (χ1n) is 12.1. The molecule has 1 aliphatic carbocycles. The van der Waals surface area contributed by atoms with Crippen LogP contribution in [0.3, 0.4) is 0 Å². The van der Waals surface area contributed by atoms with E-state index in [1.54, 1.807) is 18.2 Å². The topological polar surface area (TPSA) is 109 Å². The molecule has 0 amide bonds. The lowest BCUT2D eigenvalue weighted by atomic mass is 9.82. The van der Waals surface area contributed by atoms with Gasteiger partial charge in [0.15, 0.2) is 5.78 Å². The van der Waals surface area contributed by atoms with Crippen molar-refractivity contribution in [2.75, 3.05) is 12.4 Å². The fourth-order valence-electron chi connectivity index (χ4n) is 4.12. The lowest BCUT2D eigenvalue weighted by Gasteiger charge is -2.25. The van der Waals surface area contributed by atoms with Gasteiger partial charge in [0.1, 0.15) is 17.9 Å². The van der Waals surface area contributed by atoms with Crippen molar-refractivity contribution in [1.82, 2.24) is 4.98 Å². The SMILES string of the molecule is CCSC(C)CC1CC(=O)C(/C(CC)=N/OC/C=C/Cl)=C(O)C1.O=C(O)c1c(Cl)ccc2cc(Cl)cnc12. The van der Waals surface area contributed by atoms with E-state index in [4.69, 9.17) is 44.7 Å². The summed E-state index contributed by atoms with van der Waals surface area (Å²) in [4.78, 5) is 32.5. The smallest absolute Gasteiger partial charge is 0.339 e. The van der Waals surface area contributed by atoms with E-state index in [9.17, 15) is 14.7 Å². The monoisotopic (exact) mass is 600 g/mol. The van der Waals surface area contributed by atoms with E-state index in [1.165, 1.54) is 17.8 Å². The van der Waals surface area contributed by atoms with Gasteiger partial charge in [-0.1, -0.05) is 66.8 Å². The molecule has 0 saturated heterocycles. The molecule has 0 aliphatic heterocycles. The largest absolute Gasteiger partial charge is 0.511 e. The number of hydrogen-bond donors (Lipinski definition) is 2. The molecule has 2 aromatic rings. The molecule has 1 heterocycles. The van der Waals surface area contributed by atoms with E-state index in [0.29, 0.717) is 51.7 Å². The quantitative estimate of drug-likeness (QED) is 0.161. The number of ketones is 1. The minimum atomic E-state index is -1.10. The number of benzene rings is 1. The Kier molecular flexibility index (Phi) is 13.4. The number of aliphatic hydroxyl groups is 1. The van der Waals surface area contributed by atoms with Crippen LogP contribution in [0.4, 0.5) is 0 Å². The van der Waals surface area contributed by atoms with Crippen LogP contribution >= 0.6 is 46.6 Å². The highest BCUT2D eigenvalue weighted by molar-refractivity contribution is 7.99. The number of carboxylic acid groups (broad SMARTS) is 1. The predicted molar refractivity (Wildman–Crippen MR) is 157 cm³/mol. The van der Waals surface area contributed by atoms with E-state index < -0.39 is 5.97 Å². The number of aromatic nitrogens is 1. The van der Waals surface area contributed by atoms with E-state index in [-0.39, 0.29) is 34.7 Å². The van der Waals surface area contributed by atoms with E-state index in [1.807, 2.05) is 18.7 Å². The molecular formula is C27H31Cl3N2O5S. The fourth-order valence-corrected chi connectivity index (χ4v) is 5.57. The van der Waals surface area contributed by atoms with Gasteiger partial charge in [0.2, 0.25) is 0 Å². The van der Waals surface area contributed by atoms with Gasteiger partial charge in [-0.3, -0.25) is 9.78 Å². The number of nitrogens with zero attached hydrogens (tertiary/aromatic N) is 2. The average Bonchev–Trinajstić information content (AvgIpc) is 2.85. The van der Waals surface area contributed by atoms with Gasteiger partial charge in [-0.25, -0.2) is 4.79 Å². The normalized spacial score (nSPS) is 16.9. The summed E-state index contributed by atoms with van der Waals surface area (Å²) in [5, 5.41) is 25.1. The van der Waals surface area contributed by atoms with Crippen molar-refractivity contribution in [3.8, 4) is 0 Å². The van der Waals surface area contributed by atoms with Crippen molar-refractivity contribution < 1.29 is 24.6 Å². The summed E-state index contributed by atoms with van der Waals surface area (Å²) in [6.07, 6.45) is 5.48. The number of thioether (sulfide) groups is 1. The van der Waals surface area contributed by atoms with Crippen molar-refractivity contribution in [1.29, 1.82) is 0 Å². The van der Waals surface area contributed by atoms with Crippen LogP contribution in [0.2, 0.25) is 10.0 Å². The fraction of sp³-hybridized carbons (Fsp3) is 0.407. The van der Waals surface area contributed by atoms with E-state index in [2.05, 4.69) is 24.0 Å². The Hall–Kier alpha value is -2.26. The number of aromatic carboxylic acids is 1. The minimum Gasteiger partial charge on any atom is -0.511 e. The molecule has 206 valence electrons. The van der Waals surface area contributed by atoms with Crippen molar-refractivity contribution in [2.45, 2.75) is 51.7 Å². The lowest BCUT2D eigenvalue weighted by Crippen LogP contribution is -2.26. The Labute approximate surface area is 241 Å². The standard InChI is InChI=1S/C17H26ClNO3S.C10H5Cl2NO2/c1-4-14(19-22-8-6-7-18)17-15(20)10-13(11-16(17)21)9-12(3)23-5-2;11-6-3-5-1-2-7(12)8(10(14)15)9(5)13-4-6/h6-7,12-13,20H,4-5,8-11H2,1-3H3;1-4H,(H,14,15)/b7-6+,19-14+;. The molecule has 38 heavy (non-hydrogen) atoms. The van der Waals surface area contributed by atoms with Gasteiger partial charge in [-0.2, -0.15) is 11.8 Å². The second-order valence-electron chi connectivity index (χ2n) is 8.52. The molecule has 3 rings (SSSR count). The highest BCUT2D eigenvalue weighted by Gasteiger charge is 2.31. The third-order valence-corrected chi connectivity index (χ3v) is 7.48. The maximum Gasteiger partial charge on any atom is 0.339 e. The molecule has 2 unspecified atom stereocenters. The number of pyridine rings is 1. The zero-order valence-electron chi connectivity index (χ0n) is 21.4. The Bertz CT molecular complexity index is 1230. The molecule has 2 N–H and O–H groups in total. The average molecular weight is 602 g/mol. The molecule has 1 aliphatic rings. The van der Waals surface area contributed by atoms with Crippen LogP contribution in [-0.4, -0.2) is 50.3 Å². The first-order chi connectivity index (χ1) is 18.1. The molecule has 0 fully saturated rings. The van der Waals surface area contributed by atoms with E-state index >= 15 is 0 Å². The molecule has 0 bridgehead atoms. The number of oxime groups is 1. The zero-order valence-corrected chi connectivity index (χ0v) is 24.5. The summed E-state index contributed by atoms with van der Waals surface area (Å²) in [7, 11) is 0. The Balaban J connectivity index is 0.000000290. The third kappa shape index (κ3) is 9.19. The minimum absolute atomic E-state index is 0.00540. The molecule has 1 aromatic heterocycles. The van der Waals surface area contributed by atoms with Crippen molar-refractivity contribution >= 4 is 74.9 Å². The summed E-state index contributed by atoms with van der Waals surface area (Å²) in [5.74, 6) is 0.288. The van der Waals surface area contributed by atoms with Gasteiger partial charge in [-0.15, -0.1) is 0 Å². The number of rotatable bonds is 10. The van der Waals surface area contributed by atoms with Crippen molar-refractivity contribution in [3.63, 3.8) is 0 Å². The number of carbonyl (C=O) groups excluding carboxylic acids is 1. The Morgan fingerprint density at radius 1 is 1.32 bits per heavy atom. The summed E-state index contributed by atoms with van der Waals surface area (Å²) in [6, 6.07) is 4.85. The number of aliphatic hydroxyl groups excluding tert-OH is 1. The van der Waals surface area contributed by atoms with Gasteiger partial charge in [0.05, 0.1) is 26.8 Å². The number of carbonyl (C=O) groups is 2. The van der Waals surface area contributed by atoms with Crippen LogP contribution in [0, 0.1) is 5.92 Å².